The number of rotatable bonds is 4. The molecule has 3 aromatic rings. The van der Waals surface area contributed by atoms with Crippen LogP contribution in [-0.2, 0) is 5.75 Å². The molecule has 4 heteroatoms. The third kappa shape index (κ3) is 2.91. The van der Waals surface area contributed by atoms with Crippen LogP contribution in [0.4, 0.5) is 0 Å². The molecule has 0 saturated carbocycles. The number of thioether (sulfide) groups is 1. The Balaban J connectivity index is 1.80. The summed E-state index contributed by atoms with van der Waals surface area (Å²) < 4.78 is 2.12. The average Bonchev–Trinajstić information content (AvgIpc) is 2.95. The van der Waals surface area contributed by atoms with Crippen molar-refractivity contribution in [1.82, 2.24) is 14.5 Å². The lowest BCUT2D eigenvalue weighted by atomic mass is 10.2. The van der Waals surface area contributed by atoms with Gasteiger partial charge in [0.1, 0.15) is 0 Å². The van der Waals surface area contributed by atoms with Crippen molar-refractivity contribution in [3.63, 3.8) is 0 Å². The summed E-state index contributed by atoms with van der Waals surface area (Å²) in [5, 5.41) is 0.999. The molecule has 3 nitrogen and oxygen atoms in total. The van der Waals surface area contributed by atoms with Crippen molar-refractivity contribution in [2.75, 3.05) is 0 Å². The highest BCUT2D eigenvalue weighted by Crippen LogP contribution is 2.24. The first-order valence-electron chi connectivity index (χ1n) is 6.45. The highest BCUT2D eigenvalue weighted by molar-refractivity contribution is 7.98. The molecule has 0 saturated heterocycles. The highest BCUT2D eigenvalue weighted by atomic mass is 32.2. The van der Waals surface area contributed by atoms with E-state index >= 15 is 0 Å². The Hall–Kier alpha value is -2.07. The van der Waals surface area contributed by atoms with E-state index in [1.165, 1.54) is 11.1 Å². The molecule has 1 aromatic carbocycles. The van der Waals surface area contributed by atoms with Crippen molar-refractivity contribution >= 4 is 11.8 Å². The van der Waals surface area contributed by atoms with E-state index in [1.807, 2.05) is 24.7 Å². The second-order valence-corrected chi connectivity index (χ2v) is 5.51. The quantitative estimate of drug-likeness (QED) is 0.680. The molecule has 0 fully saturated rings. The molecule has 3 rings (SSSR count). The molecule has 2 heterocycles. The van der Waals surface area contributed by atoms with Gasteiger partial charge in [-0.05, 0) is 36.2 Å². The largest absolute Gasteiger partial charge is 0.295 e. The molecule has 0 atom stereocenters. The smallest absolute Gasteiger partial charge is 0.172 e. The van der Waals surface area contributed by atoms with Crippen LogP contribution in [0.15, 0.2) is 66.3 Å². The minimum Gasteiger partial charge on any atom is -0.295 e. The second-order valence-electron chi connectivity index (χ2n) is 4.57. The normalized spacial score (nSPS) is 10.7. The van der Waals surface area contributed by atoms with Crippen LogP contribution >= 0.6 is 11.8 Å². The first-order chi connectivity index (χ1) is 9.83. The van der Waals surface area contributed by atoms with Gasteiger partial charge in [-0.25, -0.2) is 4.98 Å². The van der Waals surface area contributed by atoms with Crippen LogP contribution in [-0.4, -0.2) is 14.5 Å². The van der Waals surface area contributed by atoms with Crippen molar-refractivity contribution in [3.8, 4) is 5.69 Å². The van der Waals surface area contributed by atoms with Gasteiger partial charge in [0, 0.05) is 36.2 Å². The first-order valence-corrected chi connectivity index (χ1v) is 7.43. The van der Waals surface area contributed by atoms with Crippen molar-refractivity contribution in [2.24, 2.45) is 0 Å². The van der Waals surface area contributed by atoms with E-state index in [2.05, 4.69) is 51.8 Å². The fraction of sp³-hybridized carbons (Fsp3) is 0.125. The van der Waals surface area contributed by atoms with E-state index < -0.39 is 0 Å². The maximum Gasteiger partial charge on any atom is 0.172 e. The second kappa shape index (κ2) is 5.92. The number of imidazole rings is 1. The molecule has 0 bridgehead atoms. The minimum absolute atomic E-state index is 0.872. The molecule has 2 aromatic heterocycles. The lowest BCUT2D eigenvalue weighted by Gasteiger charge is -2.08. The summed E-state index contributed by atoms with van der Waals surface area (Å²) in [5.41, 5.74) is 3.60. The summed E-state index contributed by atoms with van der Waals surface area (Å²) in [7, 11) is 0. The van der Waals surface area contributed by atoms with Crippen LogP contribution in [0.25, 0.3) is 5.69 Å². The Kier molecular flexibility index (Phi) is 3.83. The summed E-state index contributed by atoms with van der Waals surface area (Å²) in [6.07, 6.45) is 7.53. The predicted octanol–water partition coefficient (Wildman–Crippen LogP) is 3.87. The predicted molar refractivity (Wildman–Crippen MR) is 82.1 cm³/mol. The van der Waals surface area contributed by atoms with Gasteiger partial charge in [0.2, 0.25) is 0 Å². The summed E-state index contributed by atoms with van der Waals surface area (Å²) in [6, 6.07) is 12.5. The van der Waals surface area contributed by atoms with Gasteiger partial charge in [0.05, 0.1) is 0 Å². The van der Waals surface area contributed by atoms with E-state index in [0.717, 1.165) is 16.6 Å². The molecule has 100 valence electrons. The van der Waals surface area contributed by atoms with Gasteiger partial charge < -0.3 is 0 Å². The van der Waals surface area contributed by atoms with Crippen LogP contribution in [0.2, 0.25) is 0 Å². The monoisotopic (exact) mass is 281 g/mol. The number of pyridine rings is 1. The summed E-state index contributed by atoms with van der Waals surface area (Å²) in [6.45, 7) is 2.10. The number of hydrogen-bond donors (Lipinski definition) is 0. The summed E-state index contributed by atoms with van der Waals surface area (Å²) >= 11 is 1.72. The Morgan fingerprint density at radius 1 is 1.15 bits per heavy atom. The van der Waals surface area contributed by atoms with Gasteiger partial charge in [-0.3, -0.25) is 9.55 Å². The van der Waals surface area contributed by atoms with E-state index in [9.17, 15) is 0 Å². The van der Waals surface area contributed by atoms with Gasteiger partial charge in [-0.2, -0.15) is 0 Å². The SMILES string of the molecule is Cc1cccc(-n2ccnc2SCc2cccnc2)c1. The number of aromatic nitrogens is 3. The molecule has 20 heavy (non-hydrogen) atoms. The summed E-state index contributed by atoms with van der Waals surface area (Å²) in [5.74, 6) is 0.872. The standard InChI is InChI=1S/C16H15N3S/c1-13-4-2-6-15(10-13)19-9-8-18-16(19)20-12-14-5-3-7-17-11-14/h2-11H,12H2,1H3. The van der Waals surface area contributed by atoms with Gasteiger partial charge in [0.25, 0.3) is 0 Å². The van der Waals surface area contributed by atoms with Crippen molar-refractivity contribution in [2.45, 2.75) is 17.8 Å². The maximum atomic E-state index is 4.44. The topological polar surface area (TPSA) is 30.7 Å². The third-order valence-corrected chi connectivity index (χ3v) is 4.02. The summed E-state index contributed by atoms with van der Waals surface area (Å²) in [4.78, 5) is 8.58. The zero-order valence-corrected chi connectivity index (χ0v) is 12.0. The molecule has 0 spiro atoms. The third-order valence-electron chi connectivity index (χ3n) is 2.98. The Morgan fingerprint density at radius 2 is 2.10 bits per heavy atom. The molecule has 0 amide bonds. The minimum atomic E-state index is 0.872. The zero-order chi connectivity index (χ0) is 13.8. The Bertz CT molecular complexity index is 692. The van der Waals surface area contributed by atoms with Crippen LogP contribution < -0.4 is 0 Å². The van der Waals surface area contributed by atoms with Crippen LogP contribution in [0.3, 0.4) is 0 Å². The molecular weight excluding hydrogens is 266 g/mol. The van der Waals surface area contributed by atoms with Crippen LogP contribution in [0, 0.1) is 6.92 Å². The van der Waals surface area contributed by atoms with Crippen LogP contribution in [0.1, 0.15) is 11.1 Å². The number of hydrogen-bond acceptors (Lipinski definition) is 3. The van der Waals surface area contributed by atoms with Gasteiger partial charge >= 0.3 is 0 Å². The Morgan fingerprint density at radius 3 is 2.90 bits per heavy atom. The van der Waals surface area contributed by atoms with Crippen molar-refractivity contribution in [1.29, 1.82) is 0 Å². The number of benzene rings is 1. The molecule has 0 aliphatic rings. The van der Waals surface area contributed by atoms with E-state index in [-0.39, 0.29) is 0 Å². The van der Waals surface area contributed by atoms with E-state index in [0.29, 0.717) is 0 Å². The first kappa shape index (κ1) is 12.9. The van der Waals surface area contributed by atoms with Gasteiger partial charge in [-0.15, -0.1) is 0 Å². The molecule has 0 aliphatic carbocycles. The van der Waals surface area contributed by atoms with Crippen molar-refractivity contribution in [3.05, 3.63) is 72.3 Å². The zero-order valence-electron chi connectivity index (χ0n) is 11.2. The molecule has 0 aliphatic heterocycles. The fourth-order valence-electron chi connectivity index (χ4n) is 2.00. The van der Waals surface area contributed by atoms with Gasteiger partial charge in [-0.1, -0.05) is 30.0 Å². The van der Waals surface area contributed by atoms with E-state index in [4.69, 9.17) is 0 Å². The van der Waals surface area contributed by atoms with Gasteiger partial charge in [0.15, 0.2) is 5.16 Å². The lowest BCUT2D eigenvalue weighted by Crippen LogP contribution is -1.95. The lowest BCUT2D eigenvalue weighted by molar-refractivity contribution is 0.893. The number of aryl methyl sites for hydroxylation is 1. The van der Waals surface area contributed by atoms with E-state index in [1.54, 1.807) is 18.0 Å². The number of nitrogens with zero attached hydrogens (tertiary/aromatic N) is 3. The van der Waals surface area contributed by atoms with Crippen molar-refractivity contribution < 1.29 is 0 Å². The fourth-order valence-corrected chi connectivity index (χ4v) is 2.91. The van der Waals surface area contributed by atoms with Crippen LogP contribution in [0.5, 0.6) is 0 Å². The highest BCUT2D eigenvalue weighted by Gasteiger charge is 2.06. The Labute approximate surface area is 122 Å². The molecule has 0 radical (unpaired) electrons. The average molecular weight is 281 g/mol. The molecule has 0 N–H and O–H groups in total. The molecular formula is C16H15N3S. The maximum absolute atomic E-state index is 4.44. The molecule has 0 unspecified atom stereocenters.